The van der Waals surface area contributed by atoms with Crippen LogP contribution in [0.5, 0.6) is 0 Å². The normalized spacial score (nSPS) is 13.1. The molecule has 0 aromatic heterocycles. The Labute approximate surface area is 214 Å². The van der Waals surface area contributed by atoms with Gasteiger partial charge in [-0.3, -0.25) is 13.9 Å². The molecule has 0 bridgehead atoms. The Balaban J connectivity index is 2.46. The third kappa shape index (κ3) is 8.41. The summed E-state index contributed by atoms with van der Waals surface area (Å²) in [7, 11) is -4.17. The molecule has 36 heavy (non-hydrogen) atoms. The van der Waals surface area contributed by atoms with Crippen molar-refractivity contribution in [2.45, 2.75) is 52.0 Å². The van der Waals surface area contributed by atoms with Gasteiger partial charge in [-0.2, -0.15) is 13.2 Å². The van der Waals surface area contributed by atoms with Crippen molar-refractivity contribution in [1.82, 2.24) is 10.2 Å². The maximum absolute atomic E-state index is 13.4. The van der Waals surface area contributed by atoms with Crippen molar-refractivity contribution in [3.8, 4) is 0 Å². The SMILES string of the molecule is C[C@@H](C(=O)NC(C)(C)C)N(Cc1cccc(Cl)c1)C(=O)CN(c1cccc(C(F)(F)F)c1)S(C)(=O)=O. The van der Waals surface area contributed by atoms with Crippen LogP contribution in [0.15, 0.2) is 48.5 Å². The Morgan fingerprint density at radius 2 is 1.67 bits per heavy atom. The molecule has 2 aromatic carbocycles. The van der Waals surface area contributed by atoms with E-state index < -0.39 is 51.7 Å². The molecule has 12 heteroatoms. The summed E-state index contributed by atoms with van der Waals surface area (Å²) in [5.74, 6) is -1.27. The number of benzene rings is 2. The minimum absolute atomic E-state index is 0.0850. The van der Waals surface area contributed by atoms with Gasteiger partial charge in [0.05, 0.1) is 17.5 Å². The Kier molecular flexibility index (Phi) is 9.06. The predicted octanol–water partition coefficient (Wildman–Crippen LogP) is 4.46. The molecule has 0 radical (unpaired) electrons. The van der Waals surface area contributed by atoms with Crippen LogP contribution in [0.2, 0.25) is 5.02 Å². The number of amides is 2. The van der Waals surface area contributed by atoms with Crippen LogP contribution in [-0.4, -0.2) is 49.5 Å². The quantitative estimate of drug-likeness (QED) is 0.529. The zero-order valence-electron chi connectivity index (χ0n) is 20.6. The zero-order valence-corrected chi connectivity index (χ0v) is 22.1. The molecule has 0 aliphatic carbocycles. The fourth-order valence-corrected chi connectivity index (χ4v) is 4.39. The predicted molar refractivity (Wildman–Crippen MR) is 133 cm³/mol. The van der Waals surface area contributed by atoms with Crippen molar-refractivity contribution >= 4 is 39.1 Å². The van der Waals surface area contributed by atoms with Gasteiger partial charge in [0.25, 0.3) is 0 Å². The molecule has 0 heterocycles. The molecule has 2 aromatic rings. The molecular weight excluding hydrogens is 519 g/mol. The first-order chi connectivity index (χ1) is 16.4. The summed E-state index contributed by atoms with van der Waals surface area (Å²) in [5, 5.41) is 3.17. The Bertz CT molecular complexity index is 1210. The van der Waals surface area contributed by atoms with Crippen LogP contribution in [-0.2, 0) is 32.3 Å². The van der Waals surface area contributed by atoms with Crippen molar-refractivity contribution in [3.63, 3.8) is 0 Å². The maximum atomic E-state index is 13.4. The summed E-state index contributed by atoms with van der Waals surface area (Å²) >= 11 is 6.05. The molecule has 0 aliphatic rings. The molecule has 0 saturated carbocycles. The Morgan fingerprint density at radius 3 is 2.19 bits per heavy atom. The summed E-state index contributed by atoms with van der Waals surface area (Å²) in [4.78, 5) is 27.5. The summed E-state index contributed by atoms with van der Waals surface area (Å²) in [6, 6.07) is 9.22. The van der Waals surface area contributed by atoms with Crippen molar-refractivity contribution < 1.29 is 31.2 Å². The fraction of sp³-hybridized carbons (Fsp3) is 0.417. The number of carbonyl (C=O) groups is 2. The third-order valence-electron chi connectivity index (χ3n) is 5.05. The highest BCUT2D eigenvalue weighted by Gasteiger charge is 2.34. The molecule has 7 nitrogen and oxygen atoms in total. The average molecular weight is 548 g/mol. The number of halogens is 4. The van der Waals surface area contributed by atoms with Gasteiger partial charge in [0.1, 0.15) is 12.6 Å². The Hall–Kier alpha value is -2.79. The van der Waals surface area contributed by atoms with Crippen LogP contribution in [0.25, 0.3) is 0 Å². The number of rotatable bonds is 8. The lowest BCUT2D eigenvalue weighted by Gasteiger charge is -2.33. The van der Waals surface area contributed by atoms with Gasteiger partial charge < -0.3 is 10.2 Å². The summed E-state index contributed by atoms with van der Waals surface area (Å²) in [6.07, 6.45) is -3.92. The van der Waals surface area contributed by atoms with Gasteiger partial charge in [-0.05, 0) is 63.6 Å². The van der Waals surface area contributed by atoms with E-state index in [9.17, 15) is 31.2 Å². The standard InChI is InChI=1S/C24H29ClF3N3O4S/c1-16(22(33)29-23(2,3)4)30(14-17-8-6-10-19(25)12-17)21(32)15-31(36(5,34)35)20-11-7-9-18(13-20)24(26,27)28/h6-13,16H,14-15H2,1-5H3,(H,29,33)/t16-/m0/s1. The molecule has 2 amide bonds. The van der Waals surface area contributed by atoms with Crippen LogP contribution < -0.4 is 9.62 Å². The molecule has 198 valence electrons. The van der Waals surface area contributed by atoms with Crippen LogP contribution in [0, 0.1) is 0 Å². The lowest BCUT2D eigenvalue weighted by molar-refractivity contribution is -0.140. The van der Waals surface area contributed by atoms with Gasteiger partial charge in [-0.15, -0.1) is 0 Å². The maximum Gasteiger partial charge on any atom is 0.416 e. The molecule has 1 atom stereocenters. The number of nitrogens with one attached hydrogen (secondary N) is 1. The van der Waals surface area contributed by atoms with Gasteiger partial charge in [0.15, 0.2) is 0 Å². The zero-order chi connectivity index (χ0) is 27.5. The van der Waals surface area contributed by atoms with Crippen LogP contribution in [0.1, 0.15) is 38.8 Å². The smallest absolute Gasteiger partial charge is 0.350 e. The number of carbonyl (C=O) groups excluding carboxylic acids is 2. The summed E-state index contributed by atoms with van der Waals surface area (Å²) < 4.78 is 65.3. The van der Waals surface area contributed by atoms with Gasteiger partial charge >= 0.3 is 6.18 Å². The van der Waals surface area contributed by atoms with E-state index in [0.717, 1.165) is 18.4 Å². The van der Waals surface area contributed by atoms with Crippen LogP contribution in [0.4, 0.5) is 18.9 Å². The van der Waals surface area contributed by atoms with Gasteiger partial charge in [-0.25, -0.2) is 8.42 Å². The van der Waals surface area contributed by atoms with Crippen molar-refractivity contribution in [2.75, 3.05) is 17.1 Å². The molecule has 0 saturated heterocycles. The molecule has 0 fully saturated rings. The van der Waals surface area contributed by atoms with Gasteiger partial charge in [0, 0.05) is 17.1 Å². The first kappa shape index (κ1) is 29.4. The topological polar surface area (TPSA) is 86.8 Å². The van der Waals surface area contributed by atoms with E-state index >= 15 is 0 Å². The molecule has 0 unspecified atom stereocenters. The van der Waals surface area contributed by atoms with E-state index in [1.807, 2.05) is 0 Å². The third-order valence-corrected chi connectivity index (χ3v) is 6.42. The highest BCUT2D eigenvalue weighted by atomic mass is 35.5. The first-order valence-corrected chi connectivity index (χ1v) is 13.1. The monoisotopic (exact) mass is 547 g/mol. The second kappa shape index (κ2) is 11.1. The van der Waals surface area contributed by atoms with E-state index in [2.05, 4.69) is 5.32 Å². The van der Waals surface area contributed by atoms with Crippen LogP contribution in [0.3, 0.4) is 0 Å². The van der Waals surface area contributed by atoms with E-state index in [1.54, 1.807) is 45.0 Å². The number of hydrogen-bond donors (Lipinski definition) is 1. The lowest BCUT2D eigenvalue weighted by Crippen LogP contribution is -2.54. The minimum atomic E-state index is -4.71. The average Bonchev–Trinajstić information content (AvgIpc) is 2.72. The summed E-state index contributed by atoms with van der Waals surface area (Å²) in [6.45, 7) is 5.88. The second-order valence-corrected chi connectivity index (χ2v) is 11.7. The largest absolute Gasteiger partial charge is 0.416 e. The number of hydrogen-bond acceptors (Lipinski definition) is 4. The van der Waals surface area contributed by atoms with Crippen molar-refractivity contribution in [2.24, 2.45) is 0 Å². The van der Waals surface area contributed by atoms with Gasteiger partial charge in [-0.1, -0.05) is 29.8 Å². The molecule has 1 N–H and O–H groups in total. The first-order valence-electron chi connectivity index (χ1n) is 10.9. The fourth-order valence-electron chi connectivity index (χ4n) is 3.34. The Morgan fingerprint density at radius 1 is 1.06 bits per heavy atom. The van der Waals surface area contributed by atoms with E-state index in [-0.39, 0.29) is 12.2 Å². The van der Waals surface area contributed by atoms with E-state index in [1.165, 1.54) is 17.9 Å². The number of alkyl halides is 3. The summed E-state index contributed by atoms with van der Waals surface area (Å²) in [5.41, 5.74) is -1.41. The number of nitrogens with zero attached hydrogens (tertiary/aromatic N) is 2. The number of sulfonamides is 1. The molecule has 2 rings (SSSR count). The molecule has 0 spiro atoms. The highest BCUT2D eigenvalue weighted by Crippen LogP contribution is 2.32. The highest BCUT2D eigenvalue weighted by molar-refractivity contribution is 7.92. The molecule has 0 aliphatic heterocycles. The van der Waals surface area contributed by atoms with Gasteiger partial charge in [0.2, 0.25) is 21.8 Å². The minimum Gasteiger partial charge on any atom is -0.350 e. The van der Waals surface area contributed by atoms with E-state index in [4.69, 9.17) is 11.6 Å². The second-order valence-electron chi connectivity index (χ2n) is 9.38. The van der Waals surface area contributed by atoms with Crippen LogP contribution >= 0.6 is 11.6 Å². The number of anilines is 1. The van der Waals surface area contributed by atoms with E-state index in [0.29, 0.717) is 21.0 Å². The molecular formula is C24H29ClF3N3O4S. The van der Waals surface area contributed by atoms with Crippen molar-refractivity contribution in [3.05, 3.63) is 64.7 Å². The van der Waals surface area contributed by atoms with Crippen molar-refractivity contribution in [1.29, 1.82) is 0 Å². The lowest BCUT2D eigenvalue weighted by atomic mass is 10.1.